The number of aromatic nitrogens is 2. The zero-order valence-corrected chi connectivity index (χ0v) is 16.2. The Labute approximate surface area is 168 Å². The Kier molecular flexibility index (Phi) is 5.72. The number of hydrogen-bond acceptors (Lipinski definition) is 7. The number of H-pyrrole nitrogens is 1. The average molecular weight is 440 g/mol. The van der Waals surface area contributed by atoms with Crippen molar-refractivity contribution in [2.24, 2.45) is 5.10 Å². The highest BCUT2D eigenvalue weighted by atomic mass is 79.9. The summed E-state index contributed by atoms with van der Waals surface area (Å²) >= 11 is 3.23. The number of nitrogens with one attached hydrogen (secondary N) is 2. The Bertz CT molecular complexity index is 1140. The molecule has 0 saturated carbocycles. The van der Waals surface area contributed by atoms with Gasteiger partial charge in [0.2, 0.25) is 5.95 Å². The first-order valence-corrected chi connectivity index (χ1v) is 8.78. The SMILES string of the molecule is COc1cc(C=NNc2nc(-c3ccccc3)c(C#N)c(=O)[nH]2)cc(Br)c1O. The number of hydrazone groups is 1. The van der Waals surface area contributed by atoms with E-state index in [0.29, 0.717) is 15.6 Å². The molecule has 3 N–H and O–H groups in total. The molecule has 1 heterocycles. The van der Waals surface area contributed by atoms with E-state index in [9.17, 15) is 15.2 Å². The Morgan fingerprint density at radius 3 is 2.79 bits per heavy atom. The second kappa shape index (κ2) is 8.37. The third kappa shape index (κ3) is 4.02. The Morgan fingerprint density at radius 1 is 1.36 bits per heavy atom. The maximum absolute atomic E-state index is 12.2. The molecule has 0 unspecified atom stereocenters. The minimum absolute atomic E-state index is 0.0156. The van der Waals surface area contributed by atoms with Gasteiger partial charge in [0.25, 0.3) is 5.56 Å². The lowest BCUT2D eigenvalue weighted by Gasteiger charge is -2.07. The van der Waals surface area contributed by atoms with E-state index in [2.05, 4.69) is 36.4 Å². The Balaban J connectivity index is 1.91. The molecule has 0 aliphatic carbocycles. The molecule has 0 aliphatic rings. The van der Waals surface area contributed by atoms with Gasteiger partial charge in [-0.15, -0.1) is 0 Å². The van der Waals surface area contributed by atoms with Crippen molar-refractivity contribution in [2.75, 3.05) is 12.5 Å². The van der Waals surface area contributed by atoms with Gasteiger partial charge in [-0.2, -0.15) is 10.4 Å². The number of ether oxygens (including phenoxy) is 1. The minimum atomic E-state index is -0.567. The predicted octanol–water partition coefficient (Wildman–Crippen LogP) is 3.23. The molecule has 3 aromatic rings. The van der Waals surface area contributed by atoms with Gasteiger partial charge in [-0.25, -0.2) is 10.4 Å². The molecule has 0 atom stereocenters. The van der Waals surface area contributed by atoms with Gasteiger partial charge >= 0.3 is 0 Å². The van der Waals surface area contributed by atoms with Gasteiger partial charge in [-0.1, -0.05) is 30.3 Å². The van der Waals surface area contributed by atoms with E-state index in [4.69, 9.17) is 4.74 Å². The highest BCUT2D eigenvalue weighted by Crippen LogP contribution is 2.34. The van der Waals surface area contributed by atoms with Crippen molar-refractivity contribution in [3.63, 3.8) is 0 Å². The number of anilines is 1. The highest BCUT2D eigenvalue weighted by Gasteiger charge is 2.13. The molecule has 0 fully saturated rings. The van der Waals surface area contributed by atoms with E-state index in [1.165, 1.54) is 13.3 Å². The molecule has 3 rings (SSSR count). The summed E-state index contributed by atoms with van der Waals surface area (Å²) in [4.78, 5) is 19.0. The molecular formula is C19H14BrN5O3. The smallest absolute Gasteiger partial charge is 0.270 e. The van der Waals surface area contributed by atoms with Crippen LogP contribution in [0.4, 0.5) is 5.95 Å². The minimum Gasteiger partial charge on any atom is -0.503 e. The number of nitriles is 1. The number of benzene rings is 2. The molecule has 0 aliphatic heterocycles. The topological polar surface area (TPSA) is 123 Å². The molecular weight excluding hydrogens is 426 g/mol. The van der Waals surface area contributed by atoms with Crippen molar-refractivity contribution < 1.29 is 9.84 Å². The summed E-state index contributed by atoms with van der Waals surface area (Å²) in [5.74, 6) is 0.356. The normalized spacial score (nSPS) is 10.6. The zero-order valence-electron chi connectivity index (χ0n) is 14.6. The molecule has 8 nitrogen and oxygen atoms in total. The maximum Gasteiger partial charge on any atom is 0.270 e. The van der Waals surface area contributed by atoms with E-state index in [0.717, 1.165) is 0 Å². The highest BCUT2D eigenvalue weighted by molar-refractivity contribution is 9.10. The summed E-state index contributed by atoms with van der Waals surface area (Å²) in [6.07, 6.45) is 1.47. The van der Waals surface area contributed by atoms with Crippen LogP contribution >= 0.6 is 15.9 Å². The lowest BCUT2D eigenvalue weighted by molar-refractivity contribution is 0.372. The number of aromatic hydroxyl groups is 1. The van der Waals surface area contributed by atoms with Crippen LogP contribution in [0, 0.1) is 11.3 Å². The van der Waals surface area contributed by atoms with E-state index < -0.39 is 5.56 Å². The molecule has 140 valence electrons. The molecule has 0 bridgehead atoms. The molecule has 1 aromatic heterocycles. The maximum atomic E-state index is 12.2. The van der Waals surface area contributed by atoms with Crippen molar-refractivity contribution in [1.82, 2.24) is 9.97 Å². The van der Waals surface area contributed by atoms with Crippen LogP contribution in [0.25, 0.3) is 11.3 Å². The van der Waals surface area contributed by atoms with Gasteiger partial charge in [0.05, 0.1) is 23.5 Å². The van der Waals surface area contributed by atoms with Gasteiger partial charge in [-0.3, -0.25) is 9.78 Å². The quantitative estimate of drug-likeness (QED) is 0.414. The van der Waals surface area contributed by atoms with Gasteiger partial charge in [0.15, 0.2) is 11.5 Å². The standard InChI is InChI=1S/C19H14BrN5O3/c1-28-15-8-11(7-14(20)17(15)26)10-22-25-19-23-16(12-5-3-2-4-6-12)13(9-21)18(27)24-19/h2-8,10,26H,1H3,(H2,23,24,25,27). The second-order valence-electron chi connectivity index (χ2n) is 5.54. The van der Waals surface area contributed by atoms with Crippen LogP contribution in [-0.2, 0) is 0 Å². The summed E-state index contributed by atoms with van der Waals surface area (Å²) in [5, 5.41) is 23.2. The van der Waals surface area contributed by atoms with Crippen molar-refractivity contribution in [3.05, 3.63) is 68.4 Å². The average Bonchev–Trinajstić information content (AvgIpc) is 2.70. The fourth-order valence-corrected chi connectivity index (χ4v) is 2.89. The second-order valence-corrected chi connectivity index (χ2v) is 6.39. The summed E-state index contributed by atoms with van der Waals surface area (Å²) < 4.78 is 5.53. The molecule has 0 spiro atoms. The van der Waals surface area contributed by atoms with Gasteiger partial charge in [0, 0.05) is 5.56 Å². The number of nitrogens with zero attached hydrogens (tertiary/aromatic N) is 3. The van der Waals surface area contributed by atoms with Crippen molar-refractivity contribution in [1.29, 1.82) is 5.26 Å². The van der Waals surface area contributed by atoms with Crippen LogP contribution in [0.1, 0.15) is 11.1 Å². The lowest BCUT2D eigenvalue weighted by atomic mass is 10.1. The van der Waals surface area contributed by atoms with Crippen LogP contribution < -0.4 is 15.7 Å². The number of phenolic OH excluding ortho intramolecular Hbond substituents is 1. The number of rotatable bonds is 5. The van der Waals surface area contributed by atoms with Crippen LogP contribution in [0.2, 0.25) is 0 Å². The van der Waals surface area contributed by atoms with E-state index in [1.807, 2.05) is 12.1 Å². The molecule has 9 heteroatoms. The first-order chi connectivity index (χ1) is 13.5. The fraction of sp³-hybridized carbons (Fsp3) is 0.0526. The first kappa shape index (κ1) is 19.1. The first-order valence-electron chi connectivity index (χ1n) is 7.99. The lowest BCUT2D eigenvalue weighted by Crippen LogP contribution is -2.16. The van der Waals surface area contributed by atoms with Crippen LogP contribution in [-0.4, -0.2) is 28.4 Å². The zero-order chi connectivity index (χ0) is 20.1. The molecule has 28 heavy (non-hydrogen) atoms. The Hall–Kier alpha value is -3.64. The van der Waals surface area contributed by atoms with Crippen molar-refractivity contribution in [2.45, 2.75) is 0 Å². The number of halogens is 1. The number of hydrogen-bond donors (Lipinski definition) is 3. The monoisotopic (exact) mass is 439 g/mol. The fourth-order valence-electron chi connectivity index (χ4n) is 2.43. The third-order valence-corrected chi connectivity index (χ3v) is 4.34. The Morgan fingerprint density at radius 2 is 2.11 bits per heavy atom. The summed E-state index contributed by atoms with van der Waals surface area (Å²) in [6.45, 7) is 0. The molecule has 0 saturated heterocycles. The third-order valence-electron chi connectivity index (χ3n) is 3.73. The molecule has 0 amide bonds. The summed E-state index contributed by atoms with van der Waals surface area (Å²) in [6, 6.07) is 14.1. The number of methoxy groups -OCH3 is 1. The summed E-state index contributed by atoms with van der Waals surface area (Å²) in [7, 11) is 1.44. The van der Waals surface area contributed by atoms with E-state index >= 15 is 0 Å². The van der Waals surface area contributed by atoms with E-state index in [-0.39, 0.29) is 28.7 Å². The van der Waals surface area contributed by atoms with Crippen LogP contribution in [0.15, 0.2) is 56.8 Å². The van der Waals surface area contributed by atoms with E-state index in [1.54, 1.807) is 36.4 Å². The molecule has 2 aromatic carbocycles. The largest absolute Gasteiger partial charge is 0.503 e. The van der Waals surface area contributed by atoms with Gasteiger partial charge in [0.1, 0.15) is 11.6 Å². The predicted molar refractivity (Wildman–Crippen MR) is 109 cm³/mol. The van der Waals surface area contributed by atoms with Gasteiger partial charge < -0.3 is 9.84 Å². The molecule has 0 radical (unpaired) electrons. The summed E-state index contributed by atoms with van der Waals surface area (Å²) in [5.41, 5.74) is 3.54. The van der Waals surface area contributed by atoms with Crippen LogP contribution in [0.3, 0.4) is 0 Å². The van der Waals surface area contributed by atoms with Crippen LogP contribution in [0.5, 0.6) is 11.5 Å². The van der Waals surface area contributed by atoms with Crippen molar-refractivity contribution in [3.8, 4) is 28.8 Å². The number of phenols is 1. The van der Waals surface area contributed by atoms with Crippen molar-refractivity contribution >= 4 is 28.1 Å². The number of aromatic amines is 1. The van der Waals surface area contributed by atoms with Gasteiger partial charge in [-0.05, 0) is 33.6 Å².